The van der Waals surface area contributed by atoms with E-state index in [4.69, 9.17) is 5.10 Å². The van der Waals surface area contributed by atoms with Gasteiger partial charge in [-0.25, -0.2) is 0 Å². The van der Waals surface area contributed by atoms with E-state index in [1.54, 1.807) is 0 Å². The standard InChI is InChI=1S/C31H25N2.BF4/c1-24-17-19-25(20-18-24)23-32-33-30(27-13-7-3-8-14-27)21-29(26-11-5-2-6-12-26)22-31(33)28-15-9-4-10-16-28;2-1(3,4)5/h2-23H,1H3;/q+1;-1/b32-23+;. The second-order valence-corrected chi connectivity index (χ2v) is 8.57. The molecule has 0 aliphatic rings. The molecular formula is C31H25BF4N2. The smallest absolute Gasteiger partial charge is 0.418 e. The largest absolute Gasteiger partial charge is 0.673 e. The van der Waals surface area contributed by atoms with Gasteiger partial charge in [-0.1, -0.05) is 96.6 Å². The maximum atomic E-state index is 9.75. The highest BCUT2D eigenvalue weighted by atomic mass is 19.5. The third kappa shape index (κ3) is 7.49. The minimum absolute atomic E-state index is 1.04. The predicted octanol–water partition coefficient (Wildman–Crippen LogP) is 8.47. The van der Waals surface area contributed by atoms with Gasteiger partial charge in [0.1, 0.15) is 6.21 Å². The summed E-state index contributed by atoms with van der Waals surface area (Å²) in [6.07, 6.45) is 1.93. The number of nitrogens with zero attached hydrogens (tertiary/aromatic N) is 2. The molecule has 0 radical (unpaired) electrons. The Hall–Kier alpha value is -4.52. The van der Waals surface area contributed by atoms with Crippen LogP contribution in [0.3, 0.4) is 0 Å². The molecule has 0 amide bonds. The second kappa shape index (κ2) is 12.1. The lowest BCUT2D eigenvalue weighted by molar-refractivity contribution is -0.656. The number of benzene rings is 4. The maximum Gasteiger partial charge on any atom is 0.673 e. The van der Waals surface area contributed by atoms with Crippen LogP contribution >= 0.6 is 0 Å². The van der Waals surface area contributed by atoms with Crippen LogP contribution in [-0.2, 0) is 0 Å². The summed E-state index contributed by atoms with van der Waals surface area (Å²) in [5.41, 5.74) is 8.97. The molecule has 0 aliphatic carbocycles. The molecule has 0 atom stereocenters. The van der Waals surface area contributed by atoms with Gasteiger partial charge in [-0.15, -0.1) is 0 Å². The summed E-state index contributed by atoms with van der Waals surface area (Å²) in [5, 5.41) is 4.99. The molecule has 1 heterocycles. The van der Waals surface area contributed by atoms with Gasteiger partial charge >= 0.3 is 7.25 Å². The van der Waals surface area contributed by atoms with E-state index in [2.05, 4.69) is 127 Å². The molecule has 0 aliphatic heterocycles. The van der Waals surface area contributed by atoms with Crippen molar-refractivity contribution in [2.75, 3.05) is 0 Å². The lowest BCUT2D eigenvalue weighted by Crippen LogP contribution is -2.34. The van der Waals surface area contributed by atoms with E-state index >= 15 is 0 Å². The van der Waals surface area contributed by atoms with Gasteiger partial charge in [0.15, 0.2) is 0 Å². The minimum Gasteiger partial charge on any atom is -0.418 e. The summed E-state index contributed by atoms with van der Waals surface area (Å²) < 4.78 is 41.1. The summed E-state index contributed by atoms with van der Waals surface area (Å²) in [7, 11) is -6.00. The van der Waals surface area contributed by atoms with Crippen LogP contribution in [0.1, 0.15) is 11.1 Å². The Kier molecular flexibility index (Phi) is 8.49. The topological polar surface area (TPSA) is 16.2 Å². The molecule has 2 nitrogen and oxygen atoms in total. The lowest BCUT2D eigenvalue weighted by atomic mass is 10.00. The highest BCUT2D eigenvalue weighted by molar-refractivity contribution is 6.50. The van der Waals surface area contributed by atoms with Gasteiger partial charge in [0.05, 0.1) is 0 Å². The monoisotopic (exact) mass is 512 g/mol. The van der Waals surface area contributed by atoms with Gasteiger partial charge in [-0.2, -0.15) is 0 Å². The molecule has 38 heavy (non-hydrogen) atoms. The van der Waals surface area contributed by atoms with Gasteiger partial charge in [-0.05, 0) is 57.7 Å². The van der Waals surface area contributed by atoms with Crippen molar-refractivity contribution in [1.82, 2.24) is 0 Å². The molecule has 5 rings (SSSR count). The zero-order valence-corrected chi connectivity index (χ0v) is 20.7. The SMILES string of the molecule is Cc1ccc(/C=N/[n+]2c(-c3ccccc3)cc(-c3ccccc3)cc2-c2ccccc2)cc1.F[B-](F)(F)F. The summed E-state index contributed by atoms with van der Waals surface area (Å²) in [6.45, 7) is 2.10. The molecule has 0 unspecified atom stereocenters. The third-order valence-corrected chi connectivity index (χ3v) is 5.69. The van der Waals surface area contributed by atoms with Crippen molar-refractivity contribution < 1.29 is 21.9 Å². The Labute approximate surface area is 219 Å². The number of hydrogen-bond donors (Lipinski definition) is 0. The zero-order chi connectivity index (χ0) is 27.0. The van der Waals surface area contributed by atoms with Gasteiger partial charge < -0.3 is 17.3 Å². The van der Waals surface area contributed by atoms with E-state index in [1.165, 1.54) is 11.1 Å². The first-order chi connectivity index (χ1) is 18.3. The highest BCUT2D eigenvalue weighted by Crippen LogP contribution is 2.29. The molecule has 0 spiro atoms. The Balaban J connectivity index is 0.000000617. The molecule has 190 valence electrons. The molecular weight excluding hydrogens is 487 g/mol. The van der Waals surface area contributed by atoms with Crippen molar-refractivity contribution in [2.45, 2.75) is 6.92 Å². The number of pyridine rings is 1. The number of hydrogen-bond acceptors (Lipinski definition) is 1. The van der Waals surface area contributed by atoms with E-state index in [9.17, 15) is 17.3 Å². The first-order valence-electron chi connectivity index (χ1n) is 12.0. The maximum absolute atomic E-state index is 9.75. The zero-order valence-electron chi connectivity index (χ0n) is 20.7. The molecule has 7 heteroatoms. The lowest BCUT2D eigenvalue weighted by Gasteiger charge is -2.09. The fraction of sp³-hybridized carbons (Fsp3) is 0.0323. The molecule has 5 aromatic rings. The average Bonchev–Trinajstić information content (AvgIpc) is 2.93. The minimum atomic E-state index is -6.00. The molecule has 0 fully saturated rings. The van der Waals surface area contributed by atoms with E-state index in [0.717, 1.165) is 33.6 Å². The van der Waals surface area contributed by atoms with E-state index < -0.39 is 7.25 Å². The molecule has 0 bridgehead atoms. The first-order valence-corrected chi connectivity index (χ1v) is 12.0. The van der Waals surface area contributed by atoms with Gasteiger partial charge in [0, 0.05) is 23.3 Å². The number of halogens is 4. The highest BCUT2D eigenvalue weighted by Gasteiger charge is 2.23. The quantitative estimate of drug-likeness (QED) is 0.0973. The van der Waals surface area contributed by atoms with Crippen molar-refractivity contribution in [1.29, 1.82) is 0 Å². The fourth-order valence-electron chi connectivity index (χ4n) is 3.92. The molecule has 0 saturated carbocycles. The molecule has 1 aromatic heterocycles. The van der Waals surface area contributed by atoms with Gasteiger partial charge in [0.25, 0.3) is 0 Å². The van der Waals surface area contributed by atoms with Crippen molar-refractivity contribution in [3.05, 3.63) is 139 Å². The average molecular weight is 512 g/mol. The summed E-state index contributed by atoms with van der Waals surface area (Å²) in [5.74, 6) is 0. The number of aromatic nitrogens is 1. The van der Waals surface area contributed by atoms with Crippen molar-refractivity contribution >= 4 is 13.5 Å². The van der Waals surface area contributed by atoms with Crippen LogP contribution in [0.15, 0.2) is 132 Å². The molecule has 4 aromatic carbocycles. The summed E-state index contributed by atoms with van der Waals surface area (Å²) in [4.78, 5) is 0. The number of rotatable bonds is 5. The van der Waals surface area contributed by atoms with E-state index in [1.807, 2.05) is 18.3 Å². The normalized spacial score (nSPS) is 11.2. The summed E-state index contributed by atoms with van der Waals surface area (Å²) in [6, 6.07) is 44.3. The van der Waals surface area contributed by atoms with Crippen molar-refractivity contribution in [3.8, 4) is 33.6 Å². The van der Waals surface area contributed by atoms with Crippen LogP contribution in [0.25, 0.3) is 33.6 Å². The predicted molar refractivity (Wildman–Crippen MR) is 147 cm³/mol. The van der Waals surface area contributed by atoms with Crippen LogP contribution in [0.2, 0.25) is 0 Å². The van der Waals surface area contributed by atoms with Gasteiger partial charge in [-0.3, -0.25) is 0 Å². The van der Waals surface area contributed by atoms with E-state index in [-0.39, 0.29) is 0 Å². The van der Waals surface area contributed by atoms with Crippen molar-refractivity contribution in [3.63, 3.8) is 0 Å². The van der Waals surface area contributed by atoms with Crippen LogP contribution in [0.5, 0.6) is 0 Å². The number of aryl methyl sites for hydroxylation is 1. The third-order valence-electron chi connectivity index (χ3n) is 5.69. The first kappa shape index (κ1) is 26.5. The fourth-order valence-corrected chi connectivity index (χ4v) is 3.92. The van der Waals surface area contributed by atoms with Crippen LogP contribution in [-0.4, -0.2) is 13.5 Å². The van der Waals surface area contributed by atoms with Crippen LogP contribution in [0.4, 0.5) is 17.3 Å². The summed E-state index contributed by atoms with van der Waals surface area (Å²) >= 11 is 0. The van der Waals surface area contributed by atoms with Crippen molar-refractivity contribution in [2.24, 2.45) is 5.10 Å². The molecule has 0 N–H and O–H groups in total. The Bertz CT molecular complexity index is 1420. The second-order valence-electron chi connectivity index (χ2n) is 8.57. The van der Waals surface area contributed by atoms with Gasteiger partial charge in [0.2, 0.25) is 11.4 Å². The Morgan fingerprint density at radius 3 is 1.37 bits per heavy atom. The Morgan fingerprint density at radius 2 is 0.947 bits per heavy atom. The van der Waals surface area contributed by atoms with Crippen LogP contribution < -0.4 is 4.68 Å². The molecule has 0 saturated heterocycles. The van der Waals surface area contributed by atoms with Crippen LogP contribution in [0, 0.1) is 6.92 Å². The van der Waals surface area contributed by atoms with E-state index in [0.29, 0.717) is 0 Å². The Morgan fingerprint density at radius 1 is 0.553 bits per heavy atom.